The summed E-state index contributed by atoms with van der Waals surface area (Å²) in [5.41, 5.74) is 0. The van der Waals surface area contributed by atoms with Crippen LogP contribution in [0, 0.1) is 5.92 Å². The monoisotopic (exact) mass is 186 g/mol. The zero-order chi connectivity index (χ0) is 8.27. The van der Waals surface area contributed by atoms with Crippen LogP contribution in [-0.4, -0.2) is 5.25 Å². The van der Waals surface area contributed by atoms with Gasteiger partial charge < -0.3 is 0 Å². The zero-order valence-electron chi connectivity index (χ0n) is 6.95. The number of hydrogen-bond donors (Lipinski definition) is 1. The van der Waals surface area contributed by atoms with E-state index in [0.717, 1.165) is 6.42 Å². The van der Waals surface area contributed by atoms with Gasteiger partial charge in [0.05, 0.1) is 0 Å². The van der Waals surface area contributed by atoms with Crippen molar-refractivity contribution in [2.75, 3.05) is 0 Å². The highest BCUT2D eigenvalue weighted by molar-refractivity contribution is 7.81. The van der Waals surface area contributed by atoms with E-state index in [4.69, 9.17) is 0 Å². The molecule has 1 unspecified atom stereocenters. The second-order valence-electron chi connectivity index (χ2n) is 3.09. The topological polar surface area (TPSA) is 0 Å². The molecule has 0 N–H and O–H groups in total. The molecule has 0 nitrogen and oxygen atoms in total. The molecule has 1 aromatic rings. The summed E-state index contributed by atoms with van der Waals surface area (Å²) in [6.07, 6.45) is 1.11. The molecule has 0 fully saturated rings. The smallest absolute Gasteiger partial charge is 0.00880 e. The molecule has 0 saturated carbocycles. The third-order valence-electron chi connectivity index (χ3n) is 1.76. The lowest BCUT2D eigenvalue weighted by atomic mass is 10.1. The molecular formula is C9H14S2. The summed E-state index contributed by atoms with van der Waals surface area (Å²) in [6, 6.07) is 4.27. The highest BCUT2D eigenvalue weighted by Gasteiger charge is 2.08. The Hall–Kier alpha value is 0.0500. The Morgan fingerprint density at radius 3 is 2.73 bits per heavy atom. The quantitative estimate of drug-likeness (QED) is 0.688. The second-order valence-corrected chi connectivity index (χ2v) is 4.79. The highest BCUT2D eigenvalue weighted by atomic mass is 32.1. The number of thiol groups is 1. The minimum absolute atomic E-state index is 0.508. The summed E-state index contributed by atoms with van der Waals surface area (Å²) in [5.74, 6) is 0.667. The zero-order valence-corrected chi connectivity index (χ0v) is 8.66. The van der Waals surface area contributed by atoms with Gasteiger partial charge in [-0.3, -0.25) is 0 Å². The Bertz CT molecular complexity index is 189. The molecule has 0 aliphatic carbocycles. The van der Waals surface area contributed by atoms with Gasteiger partial charge in [0, 0.05) is 10.1 Å². The third-order valence-corrected chi connectivity index (χ3v) is 3.44. The molecule has 1 heterocycles. The Morgan fingerprint density at radius 1 is 1.55 bits per heavy atom. The van der Waals surface area contributed by atoms with Crippen molar-refractivity contribution in [1.29, 1.82) is 0 Å². The van der Waals surface area contributed by atoms with Crippen LogP contribution in [0.4, 0.5) is 0 Å². The molecule has 0 saturated heterocycles. The van der Waals surface area contributed by atoms with Crippen LogP contribution in [0.1, 0.15) is 18.7 Å². The molecule has 0 spiro atoms. The molecule has 0 radical (unpaired) electrons. The standard InChI is InChI=1S/C9H14S2/c1-7(2)9(10)6-8-4-3-5-11-8/h3-5,7,9-10H,6H2,1-2H3. The molecule has 1 rings (SSSR count). The van der Waals surface area contributed by atoms with Gasteiger partial charge in [0.15, 0.2) is 0 Å². The van der Waals surface area contributed by atoms with E-state index < -0.39 is 0 Å². The minimum Gasteiger partial charge on any atom is -0.175 e. The Morgan fingerprint density at radius 2 is 2.27 bits per heavy atom. The van der Waals surface area contributed by atoms with E-state index in [-0.39, 0.29) is 0 Å². The summed E-state index contributed by atoms with van der Waals surface area (Å²) in [6.45, 7) is 4.43. The Balaban J connectivity index is 2.43. The van der Waals surface area contributed by atoms with E-state index in [0.29, 0.717) is 11.2 Å². The fourth-order valence-electron chi connectivity index (χ4n) is 0.871. The molecule has 0 aliphatic rings. The van der Waals surface area contributed by atoms with Crippen molar-refractivity contribution in [2.45, 2.75) is 25.5 Å². The van der Waals surface area contributed by atoms with E-state index in [2.05, 4.69) is 44.0 Å². The maximum atomic E-state index is 4.52. The van der Waals surface area contributed by atoms with Crippen molar-refractivity contribution in [3.63, 3.8) is 0 Å². The molecule has 0 aromatic carbocycles. The van der Waals surface area contributed by atoms with Crippen molar-refractivity contribution < 1.29 is 0 Å². The average Bonchev–Trinajstić information content (AvgIpc) is 2.39. The maximum Gasteiger partial charge on any atom is 0.00880 e. The largest absolute Gasteiger partial charge is 0.175 e. The summed E-state index contributed by atoms with van der Waals surface area (Å²) >= 11 is 6.34. The van der Waals surface area contributed by atoms with Gasteiger partial charge in [-0.1, -0.05) is 19.9 Å². The van der Waals surface area contributed by atoms with E-state index >= 15 is 0 Å². The van der Waals surface area contributed by atoms with Crippen LogP contribution in [0.15, 0.2) is 17.5 Å². The van der Waals surface area contributed by atoms with Gasteiger partial charge >= 0.3 is 0 Å². The van der Waals surface area contributed by atoms with Crippen molar-refractivity contribution >= 4 is 24.0 Å². The summed E-state index contributed by atoms with van der Waals surface area (Å²) in [4.78, 5) is 1.44. The predicted molar refractivity (Wildman–Crippen MR) is 55.6 cm³/mol. The maximum absolute atomic E-state index is 4.52. The second kappa shape index (κ2) is 4.17. The first kappa shape index (κ1) is 9.14. The van der Waals surface area contributed by atoms with Crippen LogP contribution in [0.2, 0.25) is 0 Å². The van der Waals surface area contributed by atoms with Crippen LogP contribution >= 0.6 is 24.0 Å². The number of thiophene rings is 1. The van der Waals surface area contributed by atoms with Crippen LogP contribution in [0.25, 0.3) is 0 Å². The van der Waals surface area contributed by atoms with Gasteiger partial charge in [-0.15, -0.1) is 11.3 Å². The van der Waals surface area contributed by atoms with E-state index in [1.54, 1.807) is 0 Å². The third kappa shape index (κ3) is 2.88. The fourth-order valence-corrected chi connectivity index (χ4v) is 1.96. The van der Waals surface area contributed by atoms with Gasteiger partial charge in [0.1, 0.15) is 0 Å². The normalized spacial score (nSPS) is 13.8. The molecule has 0 aliphatic heterocycles. The lowest BCUT2D eigenvalue weighted by Crippen LogP contribution is -2.10. The van der Waals surface area contributed by atoms with Gasteiger partial charge in [0.25, 0.3) is 0 Å². The molecule has 1 atom stereocenters. The van der Waals surface area contributed by atoms with Crippen LogP contribution < -0.4 is 0 Å². The van der Waals surface area contributed by atoms with Crippen molar-refractivity contribution in [1.82, 2.24) is 0 Å². The molecule has 2 heteroatoms. The van der Waals surface area contributed by atoms with Crippen molar-refractivity contribution in [2.24, 2.45) is 5.92 Å². The fraction of sp³-hybridized carbons (Fsp3) is 0.556. The lowest BCUT2D eigenvalue weighted by molar-refractivity contribution is 0.611. The van der Waals surface area contributed by atoms with E-state index in [1.165, 1.54) is 4.88 Å². The Kier molecular flexibility index (Phi) is 3.46. The Labute approximate surface area is 78.1 Å². The first-order chi connectivity index (χ1) is 5.20. The molecule has 11 heavy (non-hydrogen) atoms. The predicted octanol–water partition coefficient (Wildman–Crippen LogP) is 3.25. The molecule has 62 valence electrons. The van der Waals surface area contributed by atoms with Gasteiger partial charge in [-0.25, -0.2) is 0 Å². The molecular weight excluding hydrogens is 172 g/mol. The first-order valence-corrected chi connectivity index (χ1v) is 5.30. The molecule has 0 amide bonds. The summed E-state index contributed by atoms with van der Waals surface area (Å²) in [7, 11) is 0. The number of rotatable bonds is 3. The highest BCUT2D eigenvalue weighted by Crippen LogP contribution is 2.18. The molecule has 0 bridgehead atoms. The first-order valence-electron chi connectivity index (χ1n) is 3.90. The molecule has 1 aromatic heterocycles. The summed E-state index contributed by atoms with van der Waals surface area (Å²) in [5, 5.41) is 2.63. The number of hydrogen-bond acceptors (Lipinski definition) is 2. The lowest BCUT2D eigenvalue weighted by Gasteiger charge is -2.12. The van der Waals surface area contributed by atoms with Crippen LogP contribution in [0.5, 0.6) is 0 Å². The van der Waals surface area contributed by atoms with Gasteiger partial charge in [-0.2, -0.15) is 12.6 Å². The van der Waals surface area contributed by atoms with Crippen molar-refractivity contribution in [3.8, 4) is 0 Å². The van der Waals surface area contributed by atoms with E-state index in [9.17, 15) is 0 Å². The van der Waals surface area contributed by atoms with Gasteiger partial charge in [0.2, 0.25) is 0 Å². The van der Waals surface area contributed by atoms with E-state index in [1.807, 2.05) is 11.3 Å². The van der Waals surface area contributed by atoms with Gasteiger partial charge in [-0.05, 0) is 23.8 Å². The minimum atomic E-state index is 0.508. The average molecular weight is 186 g/mol. The van der Waals surface area contributed by atoms with Crippen molar-refractivity contribution in [3.05, 3.63) is 22.4 Å². The van der Waals surface area contributed by atoms with Crippen LogP contribution in [-0.2, 0) is 6.42 Å². The SMILES string of the molecule is CC(C)C(S)Cc1cccs1. The van der Waals surface area contributed by atoms with Crippen LogP contribution in [0.3, 0.4) is 0 Å². The summed E-state index contributed by atoms with van der Waals surface area (Å²) < 4.78 is 0.